The molecule has 0 amide bonds. The van der Waals surface area contributed by atoms with Gasteiger partial charge in [-0.1, -0.05) is 29.8 Å². The number of ether oxygens (including phenoxy) is 2. The third-order valence-corrected chi connectivity index (χ3v) is 4.82. The SMILES string of the molecule is CC(C)C[C@H](c1cc2c(cc1Br)OCO2)N1CCNCC1.Cl.Cl. The number of hydrogen-bond acceptors (Lipinski definition) is 4. The molecular formula is C16H25BrCl2N2O2. The summed E-state index contributed by atoms with van der Waals surface area (Å²) in [4.78, 5) is 2.58. The second kappa shape index (κ2) is 9.33. The Morgan fingerprint density at radius 2 is 1.74 bits per heavy atom. The summed E-state index contributed by atoms with van der Waals surface area (Å²) in [6.45, 7) is 9.23. The van der Waals surface area contributed by atoms with Crippen LogP contribution in [-0.4, -0.2) is 37.9 Å². The van der Waals surface area contributed by atoms with E-state index in [0.29, 0.717) is 18.8 Å². The molecule has 1 aromatic carbocycles. The molecule has 4 nitrogen and oxygen atoms in total. The summed E-state index contributed by atoms with van der Waals surface area (Å²) in [6, 6.07) is 4.63. The molecule has 132 valence electrons. The largest absolute Gasteiger partial charge is 0.454 e. The van der Waals surface area contributed by atoms with E-state index >= 15 is 0 Å². The molecule has 0 aromatic heterocycles. The molecular weight excluding hydrogens is 403 g/mol. The molecule has 3 rings (SSSR count). The van der Waals surface area contributed by atoms with Crippen LogP contribution in [0.2, 0.25) is 0 Å². The first-order valence-corrected chi connectivity index (χ1v) is 8.48. The topological polar surface area (TPSA) is 33.7 Å². The van der Waals surface area contributed by atoms with Gasteiger partial charge in [0, 0.05) is 36.7 Å². The molecule has 7 heteroatoms. The second-order valence-corrected chi connectivity index (χ2v) is 7.01. The summed E-state index contributed by atoms with van der Waals surface area (Å²) in [5.74, 6) is 2.37. The third-order valence-electron chi connectivity index (χ3n) is 4.14. The quantitative estimate of drug-likeness (QED) is 0.786. The summed E-state index contributed by atoms with van der Waals surface area (Å²) in [7, 11) is 0. The average Bonchev–Trinajstić information content (AvgIpc) is 2.92. The predicted octanol–water partition coefficient (Wildman–Crippen LogP) is 4.01. The van der Waals surface area contributed by atoms with Gasteiger partial charge < -0.3 is 14.8 Å². The fourth-order valence-electron chi connectivity index (χ4n) is 3.10. The molecule has 0 spiro atoms. The van der Waals surface area contributed by atoms with Gasteiger partial charge in [0.1, 0.15) is 0 Å². The maximum Gasteiger partial charge on any atom is 0.231 e. The highest BCUT2D eigenvalue weighted by Crippen LogP contribution is 2.42. The molecule has 2 heterocycles. The van der Waals surface area contributed by atoms with Crippen LogP contribution in [0.25, 0.3) is 0 Å². The van der Waals surface area contributed by atoms with E-state index in [0.717, 1.165) is 48.6 Å². The van der Waals surface area contributed by atoms with Crippen molar-refractivity contribution >= 4 is 40.7 Å². The zero-order valence-electron chi connectivity index (χ0n) is 13.5. The molecule has 0 radical (unpaired) electrons. The van der Waals surface area contributed by atoms with Gasteiger partial charge in [0.25, 0.3) is 0 Å². The minimum absolute atomic E-state index is 0. The molecule has 1 N–H and O–H groups in total. The normalized spacial score (nSPS) is 18.3. The maximum atomic E-state index is 5.56. The van der Waals surface area contributed by atoms with Gasteiger partial charge in [-0.2, -0.15) is 0 Å². The van der Waals surface area contributed by atoms with Crippen molar-refractivity contribution in [1.82, 2.24) is 10.2 Å². The minimum atomic E-state index is 0. The van der Waals surface area contributed by atoms with Gasteiger partial charge in [-0.15, -0.1) is 24.8 Å². The number of rotatable bonds is 4. The number of halogens is 3. The lowest BCUT2D eigenvalue weighted by molar-refractivity contribution is 0.153. The van der Waals surface area contributed by atoms with Crippen molar-refractivity contribution in [2.75, 3.05) is 33.0 Å². The Kier molecular flexibility index (Phi) is 8.45. The number of nitrogens with one attached hydrogen (secondary N) is 1. The Balaban J connectivity index is 0.00000132. The molecule has 1 aromatic rings. The first-order valence-electron chi connectivity index (χ1n) is 7.69. The van der Waals surface area contributed by atoms with Gasteiger partial charge in [-0.25, -0.2) is 0 Å². The monoisotopic (exact) mass is 426 g/mol. The molecule has 23 heavy (non-hydrogen) atoms. The average molecular weight is 428 g/mol. The lowest BCUT2D eigenvalue weighted by Gasteiger charge is -2.36. The Bertz CT molecular complexity index is 511. The highest BCUT2D eigenvalue weighted by molar-refractivity contribution is 9.10. The van der Waals surface area contributed by atoms with Crippen LogP contribution >= 0.6 is 40.7 Å². The van der Waals surface area contributed by atoms with Crippen LogP contribution in [0.5, 0.6) is 11.5 Å². The fraction of sp³-hybridized carbons (Fsp3) is 0.625. The van der Waals surface area contributed by atoms with E-state index in [1.54, 1.807) is 0 Å². The lowest BCUT2D eigenvalue weighted by Crippen LogP contribution is -2.45. The van der Waals surface area contributed by atoms with Crippen molar-refractivity contribution in [3.05, 3.63) is 22.2 Å². The van der Waals surface area contributed by atoms with E-state index in [9.17, 15) is 0 Å². The highest BCUT2D eigenvalue weighted by Gasteiger charge is 2.27. The number of nitrogens with zero attached hydrogens (tertiary/aromatic N) is 1. The Hall–Kier alpha value is -0.200. The number of fused-ring (bicyclic) bond motifs is 1. The van der Waals surface area contributed by atoms with Gasteiger partial charge in [-0.3, -0.25) is 4.90 Å². The summed E-state index contributed by atoms with van der Waals surface area (Å²) in [5.41, 5.74) is 1.31. The summed E-state index contributed by atoms with van der Waals surface area (Å²) in [5, 5.41) is 3.43. The van der Waals surface area contributed by atoms with Crippen LogP contribution < -0.4 is 14.8 Å². The van der Waals surface area contributed by atoms with E-state index in [1.165, 1.54) is 5.56 Å². The van der Waals surface area contributed by atoms with Crippen molar-refractivity contribution in [3.8, 4) is 11.5 Å². The Morgan fingerprint density at radius 1 is 1.13 bits per heavy atom. The summed E-state index contributed by atoms with van der Waals surface area (Å²) >= 11 is 3.73. The molecule has 1 fully saturated rings. The van der Waals surface area contributed by atoms with E-state index in [1.807, 2.05) is 6.07 Å². The number of piperazine rings is 1. The van der Waals surface area contributed by atoms with Crippen molar-refractivity contribution < 1.29 is 9.47 Å². The zero-order valence-corrected chi connectivity index (χ0v) is 16.7. The summed E-state index contributed by atoms with van der Waals surface area (Å²) < 4.78 is 12.1. The molecule has 2 aliphatic rings. The van der Waals surface area contributed by atoms with Gasteiger partial charge in [0.05, 0.1) is 0 Å². The zero-order chi connectivity index (χ0) is 14.8. The highest BCUT2D eigenvalue weighted by atomic mass is 79.9. The first kappa shape index (κ1) is 20.8. The van der Waals surface area contributed by atoms with Crippen LogP contribution in [0.15, 0.2) is 16.6 Å². The van der Waals surface area contributed by atoms with Crippen molar-refractivity contribution in [2.24, 2.45) is 5.92 Å². The lowest BCUT2D eigenvalue weighted by atomic mass is 9.94. The van der Waals surface area contributed by atoms with Crippen LogP contribution in [0.1, 0.15) is 31.9 Å². The molecule has 0 aliphatic carbocycles. The van der Waals surface area contributed by atoms with Gasteiger partial charge >= 0.3 is 0 Å². The Labute approximate surface area is 159 Å². The van der Waals surface area contributed by atoms with Gasteiger partial charge in [0.2, 0.25) is 6.79 Å². The fourth-order valence-corrected chi connectivity index (χ4v) is 3.69. The Morgan fingerprint density at radius 3 is 2.35 bits per heavy atom. The van der Waals surface area contributed by atoms with Crippen LogP contribution in [0.4, 0.5) is 0 Å². The number of hydrogen-bond donors (Lipinski definition) is 1. The molecule has 1 saturated heterocycles. The predicted molar refractivity (Wildman–Crippen MR) is 101 cm³/mol. The number of benzene rings is 1. The van der Waals surface area contributed by atoms with Crippen molar-refractivity contribution in [1.29, 1.82) is 0 Å². The van der Waals surface area contributed by atoms with Gasteiger partial charge in [0.15, 0.2) is 11.5 Å². The smallest absolute Gasteiger partial charge is 0.231 e. The van der Waals surface area contributed by atoms with Crippen molar-refractivity contribution in [2.45, 2.75) is 26.3 Å². The van der Waals surface area contributed by atoms with Gasteiger partial charge in [-0.05, 0) is 30.0 Å². The third kappa shape index (κ3) is 4.89. The molecule has 1 atom stereocenters. The van der Waals surface area contributed by atoms with E-state index in [4.69, 9.17) is 9.47 Å². The minimum Gasteiger partial charge on any atom is -0.454 e. The first-order chi connectivity index (χ1) is 10.1. The van der Waals surface area contributed by atoms with E-state index in [2.05, 4.69) is 46.1 Å². The standard InChI is InChI=1S/C16H23BrN2O2.2ClH/c1-11(2)7-14(19-5-3-18-4-6-19)12-8-15-16(9-13(12)17)21-10-20-15;;/h8-9,11,14,18H,3-7,10H2,1-2H3;2*1H/t14-;;/m1../s1. The summed E-state index contributed by atoms with van der Waals surface area (Å²) in [6.07, 6.45) is 1.15. The van der Waals surface area contributed by atoms with Crippen molar-refractivity contribution in [3.63, 3.8) is 0 Å². The van der Waals surface area contributed by atoms with E-state index < -0.39 is 0 Å². The van der Waals surface area contributed by atoms with Crippen LogP contribution in [0.3, 0.4) is 0 Å². The second-order valence-electron chi connectivity index (χ2n) is 6.16. The molecule has 0 saturated carbocycles. The molecule has 0 bridgehead atoms. The molecule has 2 aliphatic heterocycles. The van der Waals surface area contributed by atoms with Crippen LogP contribution in [0, 0.1) is 5.92 Å². The molecule has 0 unspecified atom stereocenters. The maximum absolute atomic E-state index is 5.56. The van der Waals surface area contributed by atoms with E-state index in [-0.39, 0.29) is 24.8 Å². The van der Waals surface area contributed by atoms with Crippen LogP contribution in [-0.2, 0) is 0 Å².